The molecule has 1 amide bonds. The Morgan fingerprint density at radius 1 is 0.879 bits per heavy atom. The second-order valence-corrected chi connectivity index (χ2v) is 7.19. The molecule has 0 fully saturated rings. The van der Waals surface area contributed by atoms with E-state index in [9.17, 15) is 9.59 Å². The van der Waals surface area contributed by atoms with E-state index in [-0.39, 0.29) is 19.1 Å². The molecule has 1 heterocycles. The zero-order chi connectivity index (χ0) is 23.2. The van der Waals surface area contributed by atoms with Crippen LogP contribution in [-0.4, -0.2) is 47.4 Å². The van der Waals surface area contributed by atoms with Crippen molar-refractivity contribution >= 4 is 34.2 Å². The number of hydrogen-bond donors (Lipinski definition) is 3. The molecule has 166 valence electrons. The monoisotopic (exact) mass is 442 g/mol. The van der Waals surface area contributed by atoms with E-state index < -0.39 is 5.97 Å². The van der Waals surface area contributed by atoms with Crippen molar-refractivity contribution in [1.29, 1.82) is 0 Å². The Labute approximate surface area is 190 Å². The number of aromatic nitrogens is 2. The summed E-state index contributed by atoms with van der Waals surface area (Å²) in [6, 6.07) is 21.8. The highest BCUT2D eigenvalue weighted by molar-refractivity contribution is 6.01. The van der Waals surface area contributed by atoms with E-state index in [1.807, 2.05) is 36.4 Å². The fourth-order valence-electron chi connectivity index (χ4n) is 3.40. The van der Waals surface area contributed by atoms with Gasteiger partial charge in [-0.25, -0.2) is 4.79 Å². The molecule has 0 aliphatic rings. The van der Waals surface area contributed by atoms with E-state index in [2.05, 4.69) is 20.8 Å². The van der Waals surface area contributed by atoms with Gasteiger partial charge in [-0.3, -0.25) is 4.79 Å². The molecule has 3 N–H and O–H groups in total. The Morgan fingerprint density at radius 2 is 1.55 bits per heavy atom. The third kappa shape index (κ3) is 4.81. The molecule has 1 aromatic heterocycles. The fourth-order valence-corrected chi connectivity index (χ4v) is 3.40. The number of nitrogens with zero attached hydrogens (tertiary/aromatic N) is 2. The molecule has 0 aliphatic carbocycles. The van der Waals surface area contributed by atoms with Gasteiger partial charge in [-0.05, 0) is 36.4 Å². The van der Waals surface area contributed by atoms with Gasteiger partial charge < -0.3 is 20.5 Å². The zero-order valence-electron chi connectivity index (χ0n) is 17.9. The minimum atomic E-state index is -0.395. The summed E-state index contributed by atoms with van der Waals surface area (Å²) in [5, 5.41) is 25.4. The quantitative estimate of drug-likeness (QED) is 0.375. The van der Waals surface area contributed by atoms with E-state index in [0.717, 1.165) is 22.0 Å². The standard InChI is InChI=1S/C25H22N4O4/c1-33-25(32)18-10-12-19(13-11-18)27-23-21-5-3-2-4-20(21)22(28-29-23)16-6-8-17(9-7-16)24(31)26-14-15-30/h2-13,30H,14-15H2,1H3,(H,26,31)(H,27,29). The van der Waals surface area contributed by atoms with Crippen LogP contribution in [0.2, 0.25) is 0 Å². The van der Waals surface area contributed by atoms with Gasteiger partial charge in [0.1, 0.15) is 5.69 Å². The lowest BCUT2D eigenvalue weighted by Gasteiger charge is -2.12. The average molecular weight is 442 g/mol. The predicted molar refractivity (Wildman–Crippen MR) is 125 cm³/mol. The number of aliphatic hydroxyl groups is 1. The molecular weight excluding hydrogens is 420 g/mol. The summed E-state index contributed by atoms with van der Waals surface area (Å²) in [6.45, 7) is 0.0950. The molecule has 4 aromatic rings. The maximum absolute atomic E-state index is 12.1. The molecule has 0 saturated heterocycles. The molecule has 33 heavy (non-hydrogen) atoms. The van der Waals surface area contributed by atoms with Gasteiger partial charge >= 0.3 is 5.97 Å². The van der Waals surface area contributed by atoms with Crippen molar-refractivity contribution in [2.75, 3.05) is 25.6 Å². The summed E-state index contributed by atoms with van der Waals surface area (Å²) >= 11 is 0. The Balaban J connectivity index is 1.63. The summed E-state index contributed by atoms with van der Waals surface area (Å²) in [4.78, 5) is 23.7. The van der Waals surface area contributed by atoms with E-state index in [1.165, 1.54) is 7.11 Å². The number of aliphatic hydroxyl groups excluding tert-OH is 1. The molecule has 0 saturated carbocycles. The number of rotatable bonds is 7. The van der Waals surface area contributed by atoms with Gasteiger partial charge in [0.2, 0.25) is 0 Å². The normalized spacial score (nSPS) is 10.6. The first kappa shape index (κ1) is 21.9. The highest BCUT2D eigenvalue weighted by Gasteiger charge is 2.13. The number of carbonyl (C=O) groups excluding carboxylic acids is 2. The predicted octanol–water partition coefficient (Wildman–Crippen LogP) is 3.55. The summed E-state index contributed by atoms with van der Waals surface area (Å²) in [5.74, 6) is -0.0579. The van der Waals surface area contributed by atoms with E-state index in [0.29, 0.717) is 22.6 Å². The number of hydrogen-bond acceptors (Lipinski definition) is 7. The third-order valence-electron chi connectivity index (χ3n) is 5.07. The maximum Gasteiger partial charge on any atom is 0.337 e. The van der Waals surface area contributed by atoms with Crippen LogP contribution in [0, 0.1) is 0 Å². The lowest BCUT2D eigenvalue weighted by molar-refractivity contribution is 0.0600. The average Bonchev–Trinajstić information content (AvgIpc) is 2.87. The first-order valence-corrected chi connectivity index (χ1v) is 10.3. The van der Waals surface area contributed by atoms with Crippen LogP contribution in [0.1, 0.15) is 20.7 Å². The van der Waals surface area contributed by atoms with Crippen LogP contribution in [-0.2, 0) is 4.74 Å². The topological polar surface area (TPSA) is 113 Å². The summed E-state index contributed by atoms with van der Waals surface area (Å²) in [7, 11) is 1.34. The third-order valence-corrected chi connectivity index (χ3v) is 5.07. The van der Waals surface area contributed by atoms with Crippen molar-refractivity contribution < 1.29 is 19.4 Å². The number of amides is 1. The number of methoxy groups -OCH3 is 1. The highest BCUT2D eigenvalue weighted by atomic mass is 16.5. The lowest BCUT2D eigenvalue weighted by Crippen LogP contribution is -2.26. The molecule has 8 nitrogen and oxygen atoms in total. The summed E-state index contributed by atoms with van der Waals surface area (Å²) in [6.07, 6.45) is 0. The van der Waals surface area contributed by atoms with Crippen molar-refractivity contribution in [3.8, 4) is 11.3 Å². The second kappa shape index (κ2) is 9.88. The number of fused-ring (bicyclic) bond motifs is 1. The van der Waals surface area contributed by atoms with Crippen molar-refractivity contribution in [2.45, 2.75) is 0 Å². The molecule has 3 aromatic carbocycles. The van der Waals surface area contributed by atoms with Crippen LogP contribution in [0.15, 0.2) is 72.8 Å². The molecular formula is C25H22N4O4. The van der Waals surface area contributed by atoms with Crippen LogP contribution < -0.4 is 10.6 Å². The van der Waals surface area contributed by atoms with Gasteiger partial charge in [-0.1, -0.05) is 36.4 Å². The van der Waals surface area contributed by atoms with E-state index >= 15 is 0 Å². The lowest BCUT2D eigenvalue weighted by atomic mass is 10.0. The SMILES string of the molecule is COC(=O)c1ccc(Nc2nnc(-c3ccc(C(=O)NCCO)cc3)c3ccccc23)cc1. The molecule has 0 radical (unpaired) electrons. The zero-order valence-corrected chi connectivity index (χ0v) is 17.9. The van der Waals surface area contributed by atoms with Gasteiger partial charge in [0.25, 0.3) is 5.91 Å². The van der Waals surface area contributed by atoms with E-state index in [1.54, 1.807) is 36.4 Å². The Hall–Kier alpha value is -4.30. The molecule has 8 heteroatoms. The molecule has 0 spiro atoms. The number of ether oxygens (including phenoxy) is 1. The number of anilines is 2. The first-order chi connectivity index (χ1) is 16.1. The largest absolute Gasteiger partial charge is 0.465 e. The van der Waals surface area contributed by atoms with Crippen LogP contribution in [0.4, 0.5) is 11.5 Å². The van der Waals surface area contributed by atoms with Gasteiger partial charge in [-0.15, -0.1) is 10.2 Å². The van der Waals surface area contributed by atoms with Crippen LogP contribution in [0.3, 0.4) is 0 Å². The van der Waals surface area contributed by atoms with Crippen molar-refractivity contribution in [1.82, 2.24) is 15.5 Å². The Bertz CT molecular complexity index is 1290. The molecule has 0 aliphatic heterocycles. The minimum Gasteiger partial charge on any atom is -0.465 e. The fraction of sp³-hybridized carbons (Fsp3) is 0.120. The first-order valence-electron chi connectivity index (χ1n) is 10.3. The molecule has 0 atom stereocenters. The van der Waals surface area contributed by atoms with Gasteiger partial charge in [0, 0.05) is 34.1 Å². The minimum absolute atomic E-state index is 0.110. The number of carbonyl (C=O) groups is 2. The van der Waals surface area contributed by atoms with Crippen molar-refractivity contribution in [3.05, 3.63) is 83.9 Å². The summed E-state index contributed by atoms with van der Waals surface area (Å²) < 4.78 is 4.73. The van der Waals surface area contributed by atoms with E-state index in [4.69, 9.17) is 9.84 Å². The highest BCUT2D eigenvalue weighted by Crippen LogP contribution is 2.31. The Kier molecular flexibility index (Phi) is 6.56. The number of esters is 1. The van der Waals surface area contributed by atoms with Crippen molar-refractivity contribution in [2.24, 2.45) is 0 Å². The summed E-state index contributed by atoms with van der Waals surface area (Å²) in [5.41, 5.74) is 3.24. The number of benzene rings is 3. The molecule has 0 bridgehead atoms. The van der Waals surface area contributed by atoms with Crippen LogP contribution in [0.5, 0.6) is 0 Å². The van der Waals surface area contributed by atoms with Crippen LogP contribution in [0.25, 0.3) is 22.0 Å². The maximum atomic E-state index is 12.1. The molecule has 4 rings (SSSR count). The Morgan fingerprint density at radius 3 is 2.21 bits per heavy atom. The second-order valence-electron chi connectivity index (χ2n) is 7.19. The molecule has 0 unspecified atom stereocenters. The van der Waals surface area contributed by atoms with Gasteiger partial charge in [0.15, 0.2) is 5.82 Å². The van der Waals surface area contributed by atoms with Gasteiger partial charge in [0.05, 0.1) is 19.3 Å². The number of nitrogens with one attached hydrogen (secondary N) is 2. The van der Waals surface area contributed by atoms with Crippen LogP contribution >= 0.6 is 0 Å². The van der Waals surface area contributed by atoms with Gasteiger partial charge in [-0.2, -0.15) is 0 Å². The smallest absolute Gasteiger partial charge is 0.337 e. The van der Waals surface area contributed by atoms with Crippen molar-refractivity contribution in [3.63, 3.8) is 0 Å².